The summed E-state index contributed by atoms with van der Waals surface area (Å²) in [7, 11) is 1.55. The zero-order chi connectivity index (χ0) is 10.8. The molecule has 0 aliphatic carbocycles. The first kappa shape index (κ1) is 11.7. The Hall–Kier alpha value is -0.420. The zero-order valence-corrected chi connectivity index (χ0v) is 8.64. The number of hydrogen-bond acceptors (Lipinski definition) is 4. The summed E-state index contributed by atoms with van der Waals surface area (Å²) in [6.07, 6.45) is 0.821. The first-order valence-corrected chi connectivity index (χ1v) is 4.70. The van der Waals surface area contributed by atoms with Crippen LogP contribution in [0, 0.1) is 5.92 Å². The van der Waals surface area contributed by atoms with Gasteiger partial charge in [-0.15, -0.1) is 6.58 Å². The van der Waals surface area contributed by atoms with Crippen LogP contribution < -0.4 is 0 Å². The highest BCUT2D eigenvalue weighted by molar-refractivity contribution is 4.95. The van der Waals surface area contributed by atoms with Crippen molar-refractivity contribution in [3.63, 3.8) is 0 Å². The van der Waals surface area contributed by atoms with E-state index in [1.165, 1.54) is 6.08 Å². The summed E-state index contributed by atoms with van der Waals surface area (Å²) in [5.41, 5.74) is 0. The van der Waals surface area contributed by atoms with Crippen molar-refractivity contribution in [2.75, 3.05) is 13.7 Å². The summed E-state index contributed by atoms with van der Waals surface area (Å²) < 4.78 is 10.7. The summed E-state index contributed by atoms with van der Waals surface area (Å²) in [6, 6.07) is 0. The quantitative estimate of drug-likeness (QED) is 0.646. The van der Waals surface area contributed by atoms with E-state index in [-0.39, 0.29) is 12.5 Å². The summed E-state index contributed by atoms with van der Waals surface area (Å²) in [6.45, 7) is 5.30. The van der Waals surface area contributed by atoms with Gasteiger partial charge in [0.2, 0.25) is 0 Å². The fourth-order valence-corrected chi connectivity index (χ4v) is 1.76. The summed E-state index contributed by atoms with van der Waals surface area (Å²) in [5.74, 6) is -0.970. The largest absolute Gasteiger partial charge is 0.396 e. The van der Waals surface area contributed by atoms with Gasteiger partial charge in [0, 0.05) is 26.1 Å². The van der Waals surface area contributed by atoms with Crippen molar-refractivity contribution in [3.05, 3.63) is 12.7 Å². The van der Waals surface area contributed by atoms with Crippen molar-refractivity contribution in [3.8, 4) is 0 Å². The number of hydrogen-bond donors (Lipinski definition) is 2. The minimum Gasteiger partial charge on any atom is -0.396 e. The number of methoxy groups -OCH3 is 1. The SMILES string of the molecule is C=C[C@H]1O[C@](C)(OC)CC(CO)[C@@H]1O. The Morgan fingerprint density at radius 1 is 1.71 bits per heavy atom. The topological polar surface area (TPSA) is 58.9 Å². The van der Waals surface area contributed by atoms with E-state index >= 15 is 0 Å². The summed E-state index contributed by atoms with van der Waals surface area (Å²) in [5, 5.41) is 18.8. The molecule has 14 heavy (non-hydrogen) atoms. The molecule has 1 fully saturated rings. The van der Waals surface area contributed by atoms with E-state index < -0.39 is 18.0 Å². The lowest BCUT2D eigenvalue weighted by atomic mass is 9.88. The van der Waals surface area contributed by atoms with Crippen LogP contribution in [0.1, 0.15) is 13.3 Å². The molecule has 4 heteroatoms. The molecule has 1 saturated heterocycles. The Bertz CT molecular complexity index is 206. The molecular formula is C10H18O4. The lowest BCUT2D eigenvalue weighted by molar-refractivity contribution is -0.285. The van der Waals surface area contributed by atoms with Crippen LogP contribution in [0.2, 0.25) is 0 Å². The Morgan fingerprint density at radius 3 is 2.79 bits per heavy atom. The normalized spacial score (nSPS) is 43.6. The molecule has 0 amide bonds. The molecule has 0 spiro atoms. The number of aliphatic hydroxyl groups excluding tert-OH is 2. The van der Waals surface area contributed by atoms with Crippen LogP contribution in [-0.4, -0.2) is 41.9 Å². The second-order valence-corrected chi connectivity index (χ2v) is 3.79. The monoisotopic (exact) mass is 202 g/mol. The number of ether oxygens (including phenoxy) is 2. The number of aliphatic hydroxyl groups is 2. The lowest BCUT2D eigenvalue weighted by Gasteiger charge is -2.43. The average molecular weight is 202 g/mol. The molecule has 1 heterocycles. The highest BCUT2D eigenvalue weighted by Crippen LogP contribution is 2.33. The molecule has 0 bridgehead atoms. The molecule has 4 nitrogen and oxygen atoms in total. The van der Waals surface area contributed by atoms with Crippen molar-refractivity contribution in [2.24, 2.45) is 5.92 Å². The Kier molecular flexibility index (Phi) is 3.66. The maximum absolute atomic E-state index is 9.74. The van der Waals surface area contributed by atoms with Crippen molar-refractivity contribution in [2.45, 2.75) is 31.3 Å². The second kappa shape index (κ2) is 4.40. The molecule has 2 N–H and O–H groups in total. The molecule has 1 rings (SSSR count). The van der Waals surface area contributed by atoms with Gasteiger partial charge in [0.25, 0.3) is 0 Å². The van der Waals surface area contributed by atoms with Gasteiger partial charge in [0.15, 0.2) is 5.79 Å². The van der Waals surface area contributed by atoms with Gasteiger partial charge in [-0.3, -0.25) is 0 Å². The molecule has 1 unspecified atom stereocenters. The van der Waals surface area contributed by atoms with Crippen molar-refractivity contribution in [1.29, 1.82) is 0 Å². The van der Waals surface area contributed by atoms with E-state index in [2.05, 4.69) is 6.58 Å². The Morgan fingerprint density at radius 2 is 2.36 bits per heavy atom. The fourth-order valence-electron chi connectivity index (χ4n) is 1.76. The van der Waals surface area contributed by atoms with Crippen LogP contribution in [0.3, 0.4) is 0 Å². The van der Waals surface area contributed by atoms with Crippen LogP contribution in [0.4, 0.5) is 0 Å². The van der Waals surface area contributed by atoms with Gasteiger partial charge in [0.1, 0.15) is 6.10 Å². The molecular weight excluding hydrogens is 184 g/mol. The predicted octanol–water partition coefficient (Wildman–Crippen LogP) is 0.293. The van der Waals surface area contributed by atoms with Gasteiger partial charge in [0.05, 0.1) is 6.10 Å². The highest BCUT2D eigenvalue weighted by Gasteiger charge is 2.42. The molecule has 82 valence electrons. The highest BCUT2D eigenvalue weighted by atomic mass is 16.7. The smallest absolute Gasteiger partial charge is 0.166 e. The van der Waals surface area contributed by atoms with E-state index in [4.69, 9.17) is 14.6 Å². The third kappa shape index (κ3) is 2.15. The van der Waals surface area contributed by atoms with Gasteiger partial charge in [-0.2, -0.15) is 0 Å². The third-order valence-corrected chi connectivity index (χ3v) is 2.74. The molecule has 4 atom stereocenters. The van der Waals surface area contributed by atoms with Crippen LogP contribution in [0.15, 0.2) is 12.7 Å². The average Bonchev–Trinajstić information content (AvgIpc) is 2.21. The molecule has 0 radical (unpaired) electrons. The van der Waals surface area contributed by atoms with E-state index in [1.54, 1.807) is 14.0 Å². The maximum Gasteiger partial charge on any atom is 0.166 e. The van der Waals surface area contributed by atoms with Crippen LogP contribution in [0.25, 0.3) is 0 Å². The molecule has 0 aromatic rings. The van der Waals surface area contributed by atoms with Gasteiger partial charge < -0.3 is 19.7 Å². The summed E-state index contributed by atoms with van der Waals surface area (Å²) >= 11 is 0. The molecule has 0 aromatic carbocycles. The van der Waals surface area contributed by atoms with Crippen LogP contribution in [0.5, 0.6) is 0 Å². The van der Waals surface area contributed by atoms with E-state index in [0.29, 0.717) is 6.42 Å². The van der Waals surface area contributed by atoms with E-state index in [0.717, 1.165) is 0 Å². The first-order chi connectivity index (χ1) is 6.56. The van der Waals surface area contributed by atoms with Gasteiger partial charge in [-0.05, 0) is 6.92 Å². The van der Waals surface area contributed by atoms with Crippen LogP contribution >= 0.6 is 0 Å². The standard InChI is InChI=1S/C10H18O4/c1-4-8-9(12)7(6-11)5-10(2,13-3)14-8/h4,7-9,11-12H,1,5-6H2,2-3H3/t7?,8-,9+,10+/m1/s1. The zero-order valence-electron chi connectivity index (χ0n) is 8.64. The van der Waals surface area contributed by atoms with E-state index in [1.807, 2.05) is 0 Å². The fraction of sp³-hybridized carbons (Fsp3) is 0.800. The summed E-state index contributed by atoms with van der Waals surface area (Å²) in [4.78, 5) is 0. The van der Waals surface area contributed by atoms with Gasteiger partial charge >= 0.3 is 0 Å². The molecule has 1 aliphatic rings. The minimum atomic E-state index is -0.745. The van der Waals surface area contributed by atoms with Crippen LogP contribution in [-0.2, 0) is 9.47 Å². The maximum atomic E-state index is 9.74. The van der Waals surface area contributed by atoms with Gasteiger partial charge in [-0.25, -0.2) is 0 Å². The predicted molar refractivity (Wildman–Crippen MR) is 51.7 cm³/mol. The van der Waals surface area contributed by atoms with E-state index in [9.17, 15) is 5.11 Å². The Balaban J connectivity index is 2.77. The molecule has 0 aromatic heterocycles. The van der Waals surface area contributed by atoms with Crippen molar-refractivity contribution in [1.82, 2.24) is 0 Å². The third-order valence-electron chi connectivity index (χ3n) is 2.74. The van der Waals surface area contributed by atoms with Gasteiger partial charge in [-0.1, -0.05) is 6.08 Å². The van der Waals surface area contributed by atoms with Crippen molar-refractivity contribution < 1.29 is 19.7 Å². The molecule has 0 saturated carbocycles. The lowest BCUT2D eigenvalue weighted by Crippen LogP contribution is -2.51. The second-order valence-electron chi connectivity index (χ2n) is 3.79. The first-order valence-electron chi connectivity index (χ1n) is 4.70. The minimum absolute atomic E-state index is 0.0756. The Labute approximate surface area is 84.1 Å². The molecule has 1 aliphatic heterocycles. The van der Waals surface area contributed by atoms with Crippen molar-refractivity contribution >= 4 is 0 Å². The number of rotatable bonds is 3.